The van der Waals surface area contributed by atoms with E-state index in [-0.39, 0.29) is 18.1 Å². The summed E-state index contributed by atoms with van der Waals surface area (Å²) in [7, 11) is 0. The molecule has 1 heterocycles. The molecule has 0 aliphatic carbocycles. The number of hydrogen-bond acceptors (Lipinski definition) is 2. The SMILES string of the molecule is CCCCC1NC(c2ccc(C)cc2)N(CC)C1=O. The molecule has 19 heavy (non-hydrogen) atoms. The third-order valence-electron chi connectivity index (χ3n) is 3.83. The summed E-state index contributed by atoms with van der Waals surface area (Å²) in [4.78, 5) is 14.3. The molecule has 2 rings (SSSR count). The van der Waals surface area contributed by atoms with Gasteiger partial charge < -0.3 is 4.90 Å². The summed E-state index contributed by atoms with van der Waals surface area (Å²) in [6, 6.07) is 8.44. The van der Waals surface area contributed by atoms with Gasteiger partial charge in [0.05, 0.1) is 6.04 Å². The molecule has 3 heteroatoms. The maximum Gasteiger partial charge on any atom is 0.241 e. The summed E-state index contributed by atoms with van der Waals surface area (Å²) < 4.78 is 0. The first-order valence-corrected chi connectivity index (χ1v) is 7.30. The van der Waals surface area contributed by atoms with Crippen LogP contribution in [0.2, 0.25) is 0 Å². The normalized spacial score (nSPS) is 23.1. The molecule has 1 aliphatic heterocycles. The molecule has 3 nitrogen and oxygen atoms in total. The molecule has 2 atom stereocenters. The molecule has 1 N–H and O–H groups in total. The first-order valence-electron chi connectivity index (χ1n) is 7.30. The maximum atomic E-state index is 12.4. The third kappa shape index (κ3) is 2.98. The van der Waals surface area contributed by atoms with Crippen molar-refractivity contribution < 1.29 is 4.79 Å². The molecule has 1 saturated heterocycles. The summed E-state index contributed by atoms with van der Waals surface area (Å²) >= 11 is 0. The summed E-state index contributed by atoms with van der Waals surface area (Å²) in [5.41, 5.74) is 2.43. The van der Waals surface area contributed by atoms with Crippen LogP contribution < -0.4 is 5.32 Å². The molecule has 1 aromatic carbocycles. The molecule has 1 aromatic rings. The van der Waals surface area contributed by atoms with Gasteiger partial charge in [0.15, 0.2) is 0 Å². The minimum atomic E-state index is -0.00815. The van der Waals surface area contributed by atoms with Gasteiger partial charge >= 0.3 is 0 Å². The predicted molar refractivity (Wildman–Crippen MR) is 77.8 cm³/mol. The zero-order chi connectivity index (χ0) is 13.8. The Bertz CT molecular complexity index is 427. The molecule has 0 spiro atoms. The highest BCUT2D eigenvalue weighted by atomic mass is 16.2. The molecule has 1 fully saturated rings. The van der Waals surface area contributed by atoms with Crippen LogP contribution in [-0.4, -0.2) is 23.4 Å². The third-order valence-corrected chi connectivity index (χ3v) is 3.83. The van der Waals surface area contributed by atoms with E-state index in [1.54, 1.807) is 0 Å². The van der Waals surface area contributed by atoms with Crippen LogP contribution in [0.5, 0.6) is 0 Å². The Labute approximate surface area is 116 Å². The summed E-state index contributed by atoms with van der Waals surface area (Å²) in [5, 5.41) is 3.49. The molecule has 0 aromatic heterocycles. The number of rotatable bonds is 5. The zero-order valence-electron chi connectivity index (χ0n) is 12.1. The van der Waals surface area contributed by atoms with Gasteiger partial charge in [0, 0.05) is 6.54 Å². The number of hydrogen-bond donors (Lipinski definition) is 1. The van der Waals surface area contributed by atoms with Crippen molar-refractivity contribution in [1.29, 1.82) is 0 Å². The minimum absolute atomic E-state index is 0.00815. The van der Waals surface area contributed by atoms with E-state index in [1.807, 2.05) is 11.8 Å². The average Bonchev–Trinajstić information content (AvgIpc) is 2.73. The van der Waals surface area contributed by atoms with Crippen molar-refractivity contribution in [3.05, 3.63) is 35.4 Å². The fourth-order valence-corrected chi connectivity index (χ4v) is 2.66. The van der Waals surface area contributed by atoms with Gasteiger partial charge in [-0.25, -0.2) is 0 Å². The monoisotopic (exact) mass is 260 g/mol. The maximum absolute atomic E-state index is 12.4. The van der Waals surface area contributed by atoms with E-state index >= 15 is 0 Å². The molecule has 2 unspecified atom stereocenters. The highest BCUT2D eigenvalue weighted by molar-refractivity contribution is 5.84. The molecule has 1 aliphatic rings. The first kappa shape index (κ1) is 14.1. The van der Waals surface area contributed by atoms with E-state index in [2.05, 4.69) is 43.4 Å². The van der Waals surface area contributed by atoms with Crippen molar-refractivity contribution in [2.24, 2.45) is 0 Å². The van der Waals surface area contributed by atoms with Crippen LogP contribution in [0.1, 0.15) is 50.4 Å². The highest BCUT2D eigenvalue weighted by Crippen LogP contribution is 2.27. The predicted octanol–water partition coefficient (Wildman–Crippen LogP) is 3.00. The topological polar surface area (TPSA) is 32.3 Å². The number of unbranched alkanes of at least 4 members (excludes halogenated alkanes) is 1. The molecule has 0 bridgehead atoms. The second kappa shape index (κ2) is 6.20. The van der Waals surface area contributed by atoms with Gasteiger partial charge in [-0.3, -0.25) is 10.1 Å². The van der Waals surface area contributed by atoms with Gasteiger partial charge in [0.2, 0.25) is 5.91 Å². The van der Waals surface area contributed by atoms with Crippen LogP contribution in [0, 0.1) is 6.92 Å². The lowest BCUT2D eigenvalue weighted by atomic mass is 10.1. The Morgan fingerprint density at radius 2 is 1.89 bits per heavy atom. The van der Waals surface area contributed by atoms with Gasteiger partial charge in [0.1, 0.15) is 6.17 Å². The number of carbonyl (C=O) groups is 1. The van der Waals surface area contributed by atoms with Gasteiger partial charge in [-0.2, -0.15) is 0 Å². The fourth-order valence-electron chi connectivity index (χ4n) is 2.66. The van der Waals surface area contributed by atoms with Crippen molar-refractivity contribution in [3.8, 4) is 0 Å². The van der Waals surface area contributed by atoms with Crippen molar-refractivity contribution in [2.75, 3.05) is 6.54 Å². The van der Waals surface area contributed by atoms with E-state index < -0.39 is 0 Å². The lowest BCUT2D eigenvalue weighted by Crippen LogP contribution is -2.30. The number of aryl methyl sites for hydroxylation is 1. The van der Waals surface area contributed by atoms with Crippen molar-refractivity contribution >= 4 is 5.91 Å². The largest absolute Gasteiger partial charge is 0.322 e. The van der Waals surface area contributed by atoms with Crippen LogP contribution in [0.3, 0.4) is 0 Å². The Morgan fingerprint density at radius 3 is 2.47 bits per heavy atom. The van der Waals surface area contributed by atoms with E-state index in [0.29, 0.717) is 0 Å². The number of likely N-dealkylation sites (N-methyl/N-ethyl adjacent to an activating group) is 1. The van der Waals surface area contributed by atoms with Gasteiger partial charge in [-0.1, -0.05) is 49.6 Å². The zero-order valence-corrected chi connectivity index (χ0v) is 12.1. The van der Waals surface area contributed by atoms with E-state index in [1.165, 1.54) is 11.1 Å². The van der Waals surface area contributed by atoms with Crippen LogP contribution in [-0.2, 0) is 4.79 Å². The highest BCUT2D eigenvalue weighted by Gasteiger charge is 2.37. The van der Waals surface area contributed by atoms with E-state index in [9.17, 15) is 4.79 Å². The molecular weight excluding hydrogens is 236 g/mol. The number of benzene rings is 1. The van der Waals surface area contributed by atoms with Crippen molar-refractivity contribution in [3.63, 3.8) is 0 Å². The summed E-state index contributed by atoms with van der Waals surface area (Å²) in [5.74, 6) is 0.251. The van der Waals surface area contributed by atoms with E-state index in [0.717, 1.165) is 25.8 Å². The first-order chi connectivity index (χ1) is 9.17. The Morgan fingerprint density at radius 1 is 1.21 bits per heavy atom. The van der Waals surface area contributed by atoms with Crippen molar-refractivity contribution in [1.82, 2.24) is 10.2 Å². The summed E-state index contributed by atoms with van der Waals surface area (Å²) in [6.45, 7) is 7.04. The van der Waals surface area contributed by atoms with Crippen LogP contribution >= 0.6 is 0 Å². The quantitative estimate of drug-likeness (QED) is 0.882. The molecule has 0 saturated carbocycles. The average molecular weight is 260 g/mol. The number of nitrogens with zero attached hydrogens (tertiary/aromatic N) is 1. The van der Waals surface area contributed by atoms with Crippen LogP contribution in [0.4, 0.5) is 0 Å². The second-order valence-electron chi connectivity index (χ2n) is 5.30. The van der Waals surface area contributed by atoms with Crippen LogP contribution in [0.25, 0.3) is 0 Å². The second-order valence-corrected chi connectivity index (χ2v) is 5.30. The Balaban J connectivity index is 2.15. The molecule has 0 radical (unpaired) electrons. The van der Waals surface area contributed by atoms with Crippen molar-refractivity contribution in [2.45, 2.75) is 52.2 Å². The number of carbonyl (C=O) groups excluding carboxylic acids is 1. The standard InChI is InChI=1S/C16H24N2O/c1-4-6-7-14-16(19)18(5-2)15(17-14)13-10-8-12(3)9-11-13/h8-11,14-15,17H,4-7H2,1-3H3. The van der Waals surface area contributed by atoms with Gasteiger partial charge in [-0.05, 0) is 25.8 Å². The Kier molecular flexibility index (Phi) is 4.59. The lowest BCUT2D eigenvalue weighted by Gasteiger charge is -2.23. The summed E-state index contributed by atoms with van der Waals surface area (Å²) in [6.07, 6.45) is 3.21. The lowest BCUT2D eigenvalue weighted by molar-refractivity contribution is -0.130. The van der Waals surface area contributed by atoms with Crippen LogP contribution in [0.15, 0.2) is 24.3 Å². The Hall–Kier alpha value is -1.35. The minimum Gasteiger partial charge on any atom is -0.322 e. The number of nitrogens with one attached hydrogen (secondary N) is 1. The smallest absolute Gasteiger partial charge is 0.241 e. The van der Waals surface area contributed by atoms with E-state index in [4.69, 9.17) is 0 Å². The molecular formula is C16H24N2O. The fraction of sp³-hybridized carbons (Fsp3) is 0.562. The van der Waals surface area contributed by atoms with Gasteiger partial charge in [-0.15, -0.1) is 0 Å². The molecule has 104 valence electrons. The number of amides is 1. The molecule has 1 amide bonds. The van der Waals surface area contributed by atoms with Gasteiger partial charge in [0.25, 0.3) is 0 Å².